The second kappa shape index (κ2) is 22.0. The molecule has 4 amide bonds. The number of carbonyl (C=O) groups is 5. The smallest absolute Gasteiger partial charge is 0.438 e. The van der Waals surface area contributed by atoms with Crippen LogP contribution in [0.5, 0.6) is 0 Å². The molecule has 0 aliphatic carbocycles. The van der Waals surface area contributed by atoms with Gasteiger partial charge in [0.1, 0.15) is 6.04 Å². The third kappa shape index (κ3) is 12.1. The van der Waals surface area contributed by atoms with E-state index in [0.29, 0.717) is 24.9 Å². The second-order valence-electron chi connectivity index (χ2n) is 15.2. The van der Waals surface area contributed by atoms with Crippen LogP contribution >= 0.6 is 0 Å². The predicted molar refractivity (Wildman–Crippen MR) is 204 cm³/mol. The maximum Gasteiger partial charge on any atom is 0.508 e. The van der Waals surface area contributed by atoms with Crippen molar-refractivity contribution in [3.63, 3.8) is 0 Å². The molecule has 3 N–H and O–H groups in total. The van der Waals surface area contributed by atoms with E-state index in [1.165, 1.54) is 14.2 Å². The Balaban J connectivity index is 2.26. The first-order chi connectivity index (χ1) is 25.4. The van der Waals surface area contributed by atoms with Gasteiger partial charge in [-0.05, 0) is 43.1 Å². The third-order valence-corrected chi connectivity index (χ3v) is 10.7. The Morgan fingerprint density at radius 1 is 0.907 bits per heavy atom. The van der Waals surface area contributed by atoms with Gasteiger partial charge in [-0.1, -0.05) is 85.2 Å². The number of likely N-dealkylation sites (N-methyl/N-ethyl adjacent to an activating group) is 1. The summed E-state index contributed by atoms with van der Waals surface area (Å²) < 4.78 is 21.7. The number of aliphatic hydroxyl groups is 1. The Morgan fingerprint density at radius 2 is 1.54 bits per heavy atom. The lowest BCUT2D eigenvalue weighted by atomic mass is 9.89. The van der Waals surface area contributed by atoms with Crippen molar-refractivity contribution in [1.29, 1.82) is 0 Å². The van der Waals surface area contributed by atoms with Gasteiger partial charge < -0.3 is 44.5 Å². The zero-order valence-electron chi connectivity index (χ0n) is 34.4. The Kier molecular flexibility index (Phi) is 18.9. The Morgan fingerprint density at radius 3 is 2.06 bits per heavy atom. The molecule has 306 valence electrons. The van der Waals surface area contributed by atoms with Crippen molar-refractivity contribution >= 4 is 29.8 Å². The molecule has 1 heterocycles. The number of methoxy groups -OCH3 is 3. The normalized spacial score (nSPS) is 19.5. The zero-order valence-corrected chi connectivity index (χ0v) is 34.4. The molecule has 0 aromatic heterocycles. The summed E-state index contributed by atoms with van der Waals surface area (Å²) in [6.45, 7) is 15.0. The first-order valence-electron chi connectivity index (χ1n) is 19.1. The van der Waals surface area contributed by atoms with Gasteiger partial charge in [0.05, 0.1) is 55.9 Å². The predicted octanol–water partition coefficient (Wildman–Crippen LogP) is 4.09. The van der Waals surface area contributed by atoms with E-state index in [-0.39, 0.29) is 47.9 Å². The largest absolute Gasteiger partial charge is 0.508 e. The second-order valence-corrected chi connectivity index (χ2v) is 15.2. The van der Waals surface area contributed by atoms with Crippen LogP contribution < -0.4 is 10.6 Å². The minimum Gasteiger partial charge on any atom is -0.438 e. The van der Waals surface area contributed by atoms with E-state index in [0.717, 1.165) is 13.5 Å². The number of amides is 4. The van der Waals surface area contributed by atoms with Crippen molar-refractivity contribution in [1.82, 2.24) is 20.4 Å². The van der Waals surface area contributed by atoms with Crippen molar-refractivity contribution in [2.45, 2.75) is 130 Å². The highest BCUT2D eigenvalue weighted by Crippen LogP contribution is 2.30. The molecule has 1 aromatic carbocycles. The lowest BCUT2D eigenvalue weighted by Crippen LogP contribution is -2.59. The molecule has 14 heteroatoms. The van der Waals surface area contributed by atoms with Gasteiger partial charge in [0, 0.05) is 27.8 Å². The summed E-state index contributed by atoms with van der Waals surface area (Å²) >= 11 is 0. The molecule has 14 nitrogen and oxygen atoms in total. The van der Waals surface area contributed by atoms with Gasteiger partial charge in [-0.3, -0.25) is 19.2 Å². The van der Waals surface area contributed by atoms with Crippen LogP contribution in [0.3, 0.4) is 0 Å². The molecular formula is C40H66N4O10. The molecule has 2 rings (SSSR count). The molecular weight excluding hydrogens is 696 g/mol. The molecule has 0 saturated carbocycles. The number of rotatable bonds is 20. The van der Waals surface area contributed by atoms with Crippen LogP contribution in [0, 0.1) is 23.7 Å². The average molecular weight is 763 g/mol. The number of benzene rings is 1. The average Bonchev–Trinajstić information content (AvgIpc) is 3.64. The SMILES string of the molecule is CC[C@H](C)[C@@H]([C@@H](CC(=O)N1CCCC1[C@H](OC)[C@@H](C)C(=O)N[C@H](C)[C@@H](O)c1ccccc1)OC)N(C)C(=O)C(NC(=O)C(OC(=O)OC)C(C)C)C(C)C. The number of nitrogens with zero attached hydrogens (tertiary/aromatic N) is 2. The van der Waals surface area contributed by atoms with Crippen molar-refractivity contribution in [3.8, 4) is 0 Å². The van der Waals surface area contributed by atoms with E-state index in [9.17, 15) is 29.1 Å². The fourth-order valence-corrected chi connectivity index (χ4v) is 7.29. The van der Waals surface area contributed by atoms with E-state index < -0.39 is 60.5 Å². The topological polar surface area (TPSA) is 173 Å². The summed E-state index contributed by atoms with van der Waals surface area (Å²) in [7, 11) is 5.85. The van der Waals surface area contributed by atoms with E-state index in [1.54, 1.807) is 56.7 Å². The van der Waals surface area contributed by atoms with Crippen LogP contribution in [-0.2, 0) is 38.1 Å². The summed E-state index contributed by atoms with van der Waals surface area (Å²) in [4.78, 5) is 70.3. The molecule has 1 aromatic rings. The minimum absolute atomic E-state index is 0.0297. The number of nitrogens with one attached hydrogen (secondary N) is 2. The van der Waals surface area contributed by atoms with E-state index in [4.69, 9.17) is 14.2 Å². The number of hydrogen-bond donors (Lipinski definition) is 3. The van der Waals surface area contributed by atoms with Gasteiger partial charge in [-0.25, -0.2) is 4.79 Å². The maximum atomic E-state index is 14.2. The molecule has 1 aliphatic heterocycles. The van der Waals surface area contributed by atoms with Gasteiger partial charge in [-0.15, -0.1) is 0 Å². The van der Waals surface area contributed by atoms with E-state index in [1.807, 2.05) is 45.9 Å². The zero-order chi connectivity index (χ0) is 40.9. The highest BCUT2D eigenvalue weighted by atomic mass is 16.7. The lowest BCUT2D eigenvalue weighted by molar-refractivity contribution is -0.148. The fourth-order valence-electron chi connectivity index (χ4n) is 7.29. The minimum atomic E-state index is -1.17. The van der Waals surface area contributed by atoms with Crippen molar-refractivity contribution in [2.24, 2.45) is 23.7 Å². The number of likely N-dealkylation sites (tertiary alicyclic amines) is 1. The number of aliphatic hydroxyl groups excluding tert-OH is 1. The summed E-state index contributed by atoms with van der Waals surface area (Å²) in [6.07, 6.45) is -2.35. The van der Waals surface area contributed by atoms with Crippen LogP contribution in [0.1, 0.15) is 92.7 Å². The summed E-state index contributed by atoms with van der Waals surface area (Å²) in [5, 5.41) is 16.5. The molecule has 0 spiro atoms. The standard InChI is InChI=1S/C40H66N4O10/c1-13-25(6)33(43(9)39(49)32(23(2)3)42-38(48)35(24(4)5)54-40(50)53-12)30(51-10)22-31(45)44-21-17-20-29(44)36(52-11)26(7)37(47)41-27(8)34(46)28-18-15-14-16-19-28/h14-16,18-19,23-27,29-30,32-36,46H,13,17,20-22H2,1-12H3,(H,41,47)(H,42,48)/t25-,26+,27+,29?,30+,32?,33-,34+,35?,36+/m0/s1. The van der Waals surface area contributed by atoms with Crippen LogP contribution in [0.15, 0.2) is 30.3 Å². The summed E-state index contributed by atoms with van der Waals surface area (Å²) in [5.74, 6) is -2.91. The Hall–Kier alpha value is -3.75. The highest BCUT2D eigenvalue weighted by molar-refractivity contribution is 5.90. The molecule has 54 heavy (non-hydrogen) atoms. The highest BCUT2D eigenvalue weighted by Gasteiger charge is 2.43. The number of ether oxygens (including phenoxy) is 4. The van der Waals surface area contributed by atoms with Gasteiger partial charge in [0.2, 0.25) is 17.7 Å². The van der Waals surface area contributed by atoms with Gasteiger partial charge >= 0.3 is 6.16 Å². The summed E-state index contributed by atoms with van der Waals surface area (Å²) in [6, 6.07) is 6.68. The van der Waals surface area contributed by atoms with Crippen LogP contribution in [0.25, 0.3) is 0 Å². The van der Waals surface area contributed by atoms with Gasteiger partial charge in [-0.2, -0.15) is 0 Å². The van der Waals surface area contributed by atoms with Crippen LogP contribution in [-0.4, -0.2) is 122 Å². The fraction of sp³-hybridized carbons (Fsp3) is 0.725. The van der Waals surface area contributed by atoms with Gasteiger partial charge in [0.15, 0.2) is 6.10 Å². The molecule has 10 atom stereocenters. The number of carbonyl (C=O) groups excluding carboxylic acids is 5. The van der Waals surface area contributed by atoms with E-state index in [2.05, 4.69) is 15.4 Å². The third-order valence-electron chi connectivity index (χ3n) is 10.7. The number of hydrogen-bond acceptors (Lipinski definition) is 10. The quantitative estimate of drug-likeness (QED) is 0.164. The van der Waals surface area contributed by atoms with Crippen LogP contribution in [0.4, 0.5) is 4.79 Å². The maximum absolute atomic E-state index is 14.2. The Labute approximate surface area is 322 Å². The summed E-state index contributed by atoms with van der Waals surface area (Å²) in [5.41, 5.74) is 0.694. The molecule has 1 fully saturated rings. The van der Waals surface area contributed by atoms with Crippen LogP contribution in [0.2, 0.25) is 0 Å². The lowest BCUT2D eigenvalue weighted by Gasteiger charge is -2.41. The molecule has 0 bridgehead atoms. The molecule has 1 aliphatic rings. The Bertz CT molecular complexity index is 1360. The van der Waals surface area contributed by atoms with E-state index >= 15 is 0 Å². The molecule has 1 saturated heterocycles. The van der Waals surface area contributed by atoms with Crippen molar-refractivity contribution < 1.29 is 48.0 Å². The molecule has 3 unspecified atom stereocenters. The monoisotopic (exact) mass is 762 g/mol. The first kappa shape index (κ1) is 46.4. The van der Waals surface area contributed by atoms with Crippen molar-refractivity contribution in [3.05, 3.63) is 35.9 Å². The molecule has 0 radical (unpaired) electrons. The first-order valence-corrected chi connectivity index (χ1v) is 19.1. The van der Waals surface area contributed by atoms with Crippen molar-refractivity contribution in [2.75, 3.05) is 34.9 Å². The van der Waals surface area contributed by atoms with Gasteiger partial charge in [0.25, 0.3) is 5.91 Å².